The van der Waals surface area contributed by atoms with Gasteiger partial charge in [-0.2, -0.15) is 0 Å². The Kier molecular flexibility index (Phi) is 7.73. The summed E-state index contributed by atoms with van der Waals surface area (Å²) in [5, 5.41) is 0. The molecule has 0 amide bonds. The van der Waals surface area contributed by atoms with Crippen LogP contribution in [-0.2, 0) is 12.8 Å². The molecule has 0 aromatic heterocycles. The monoisotopic (exact) mass is 402 g/mol. The average Bonchev–Trinajstić information content (AvgIpc) is 2.75. The maximum Gasteiger partial charge on any atom is 0.130 e. The highest BCUT2D eigenvalue weighted by atomic mass is 19.1. The van der Waals surface area contributed by atoms with E-state index in [0.29, 0.717) is 23.5 Å². The summed E-state index contributed by atoms with van der Waals surface area (Å²) in [7, 11) is 0. The number of allylic oxidation sites excluding steroid dienone is 2. The molecule has 3 aromatic carbocycles. The van der Waals surface area contributed by atoms with Crippen molar-refractivity contribution in [2.45, 2.75) is 39.0 Å². The van der Waals surface area contributed by atoms with Crippen molar-refractivity contribution in [3.8, 4) is 0 Å². The summed E-state index contributed by atoms with van der Waals surface area (Å²) in [6.07, 6.45) is 9.74. The van der Waals surface area contributed by atoms with Gasteiger partial charge in [0, 0.05) is 5.56 Å². The molecule has 0 radical (unpaired) electrons. The Bertz CT molecular complexity index is 1020. The zero-order valence-corrected chi connectivity index (χ0v) is 17.6. The predicted molar refractivity (Wildman–Crippen MR) is 123 cm³/mol. The van der Waals surface area contributed by atoms with E-state index < -0.39 is 0 Å². The third-order valence-electron chi connectivity index (χ3n) is 5.32. The second-order valence-electron chi connectivity index (χ2n) is 7.66. The van der Waals surface area contributed by atoms with E-state index in [1.54, 1.807) is 24.3 Å². The van der Waals surface area contributed by atoms with Gasteiger partial charge in [0.1, 0.15) is 11.6 Å². The van der Waals surface area contributed by atoms with E-state index in [2.05, 4.69) is 19.1 Å². The molecule has 1 atom stereocenters. The molecule has 0 aliphatic carbocycles. The second-order valence-corrected chi connectivity index (χ2v) is 7.66. The first-order valence-electron chi connectivity index (χ1n) is 10.5. The van der Waals surface area contributed by atoms with Crippen LogP contribution in [0.2, 0.25) is 0 Å². The molecule has 30 heavy (non-hydrogen) atoms. The number of hydrogen-bond acceptors (Lipinski definition) is 0. The van der Waals surface area contributed by atoms with Crippen LogP contribution in [0.1, 0.15) is 54.0 Å². The Morgan fingerprint density at radius 3 is 2.37 bits per heavy atom. The lowest BCUT2D eigenvalue weighted by atomic mass is 9.93. The van der Waals surface area contributed by atoms with Crippen LogP contribution in [0.4, 0.5) is 8.78 Å². The Morgan fingerprint density at radius 2 is 1.67 bits per heavy atom. The molecule has 0 heterocycles. The fourth-order valence-corrected chi connectivity index (χ4v) is 3.55. The van der Waals surface area contributed by atoms with Crippen molar-refractivity contribution in [2.24, 2.45) is 0 Å². The van der Waals surface area contributed by atoms with Gasteiger partial charge < -0.3 is 0 Å². The SMILES string of the molecule is CC=CCCc1ccc(C=Cc2ccc(C[C@H](C)c3ccccc3)cc2F)cc1F. The van der Waals surface area contributed by atoms with Crippen LogP contribution in [-0.4, -0.2) is 0 Å². The fraction of sp³-hybridized carbons (Fsp3) is 0.214. The van der Waals surface area contributed by atoms with E-state index in [0.717, 1.165) is 24.0 Å². The largest absolute Gasteiger partial charge is 0.207 e. The van der Waals surface area contributed by atoms with E-state index in [-0.39, 0.29) is 11.6 Å². The molecule has 3 aromatic rings. The van der Waals surface area contributed by atoms with E-state index in [1.807, 2.05) is 55.5 Å². The van der Waals surface area contributed by atoms with Crippen molar-refractivity contribution in [3.63, 3.8) is 0 Å². The maximum atomic E-state index is 14.6. The zero-order valence-electron chi connectivity index (χ0n) is 17.6. The van der Waals surface area contributed by atoms with Crippen molar-refractivity contribution >= 4 is 12.2 Å². The number of aryl methyl sites for hydroxylation is 1. The van der Waals surface area contributed by atoms with Crippen LogP contribution in [0, 0.1) is 11.6 Å². The summed E-state index contributed by atoms with van der Waals surface area (Å²) in [5.41, 5.74) is 4.15. The van der Waals surface area contributed by atoms with Crippen molar-refractivity contribution in [1.82, 2.24) is 0 Å². The highest BCUT2D eigenvalue weighted by Gasteiger charge is 2.08. The van der Waals surface area contributed by atoms with Crippen LogP contribution in [0.3, 0.4) is 0 Å². The standard InChI is InChI=1S/C28H28F2/c1-3-4-6-11-25-15-12-22(19-27(25)29)13-16-26-17-14-23(20-28(26)30)18-21(2)24-9-7-5-8-10-24/h3-5,7-10,12-17,19-21H,6,11,18H2,1-2H3/t21-/m0/s1. The van der Waals surface area contributed by atoms with Crippen LogP contribution in [0.25, 0.3) is 12.2 Å². The Balaban J connectivity index is 1.67. The summed E-state index contributed by atoms with van der Waals surface area (Å²) < 4.78 is 28.9. The molecule has 0 unspecified atom stereocenters. The van der Waals surface area contributed by atoms with Gasteiger partial charge in [0.05, 0.1) is 0 Å². The molecule has 0 N–H and O–H groups in total. The molecule has 3 rings (SSSR count). The minimum Gasteiger partial charge on any atom is -0.207 e. The second kappa shape index (κ2) is 10.7. The van der Waals surface area contributed by atoms with Gasteiger partial charge in [-0.15, -0.1) is 0 Å². The number of halogens is 2. The predicted octanol–water partition coefficient (Wildman–Crippen LogP) is 7.99. The highest BCUT2D eigenvalue weighted by Crippen LogP contribution is 2.22. The quantitative estimate of drug-likeness (QED) is 0.264. The third kappa shape index (κ3) is 6.00. The van der Waals surface area contributed by atoms with Gasteiger partial charge in [0.25, 0.3) is 0 Å². The smallest absolute Gasteiger partial charge is 0.130 e. The van der Waals surface area contributed by atoms with Crippen LogP contribution >= 0.6 is 0 Å². The molecule has 2 heteroatoms. The Hall–Kier alpha value is -3.00. The van der Waals surface area contributed by atoms with Gasteiger partial charge in [0.15, 0.2) is 0 Å². The van der Waals surface area contributed by atoms with E-state index in [1.165, 1.54) is 11.6 Å². The molecule has 154 valence electrons. The lowest BCUT2D eigenvalue weighted by Crippen LogP contribution is -1.99. The van der Waals surface area contributed by atoms with Gasteiger partial charge in [-0.3, -0.25) is 0 Å². The first-order valence-corrected chi connectivity index (χ1v) is 10.5. The van der Waals surface area contributed by atoms with Gasteiger partial charge >= 0.3 is 0 Å². The molecule has 0 aliphatic rings. The minimum absolute atomic E-state index is 0.215. The van der Waals surface area contributed by atoms with Gasteiger partial charge in [-0.1, -0.05) is 85.8 Å². The topological polar surface area (TPSA) is 0 Å². The van der Waals surface area contributed by atoms with E-state index >= 15 is 0 Å². The first kappa shape index (κ1) is 21.7. The average molecular weight is 403 g/mol. The normalized spacial score (nSPS) is 12.7. The van der Waals surface area contributed by atoms with Gasteiger partial charge in [-0.25, -0.2) is 8.78 Å². The van der Waals surface area contributed by atoms with Crippen molar-refractivity contribution < 1.29 is 8.78 Å². The summed E-state index contributed by atoms with van der Waals surface area (Å²) in [5.74, 6) is -0.152. The minimum atomic E-state index is -0.257. The van der Waals surface area contributed by atoms with Crippen LogP contribution in [0.5, 0.6) is 0 Å². The number of hydrogen-bond donors (Lipinski definition) is 0. The Labute approximate surface area is 178 Å². The lowest BCUT2D eigenvalue weighted by Gasteiger charge is -2.12. The molecule has 0 saturated heterocycles. The van der Waals surface area contributed by atoms with Gasteiger partial charge in [0.2, 0.25) is 0 Å². The summed E-state index contributed by atoms with van der Waals surface area (Å²) in [6, 6.07) is 20.8. The van der Waals surface area contributed by atoms with Crippen molar-refractivity contribution in [1.29, 1.82) is 0 Å². The van der Waals surface area contributed by atoms with Crippen LogP contribution < -0.4 is 0 Å². The van der Waals surface area contributed by atoms with Crippen molar-refractivity contribution in [2.75, 3.05) is 0 Å². The molecule has 0 spiro atoms. The zero-order chi connectivity index (χ0) is 21.3. The first-order chi connectivity index (χ1) is 14.6. The van der Waals surface area contributed by atoms with Gasteiger partial charge in [-0.05, 0) is 66.5 Å². The number of benzene rings is 3. The maximum absolute atomic E-state index is 14.6. The molecule has 0 fully saturated rings. The van der Waals surface area contributed by atoms with E-state index in [9.17, 15) is 8.78 Å². The molecular formula is C28H28F2. The summed E-state index contributed by atoms with van der Waals surface area (Å²) >= 11 is 0. The molecule has 0 saturated carbocycles. The highest BCUT2D eigenvalue weighted by molar-refractivity contribution is 5.70. The molecular weight excluding hydrogens is 374 g/mol. The van der Waals surface area contributed by atoms with Crippen LogP contribution in [0.15, 0.2) is 78.9 Å². The summed E-state index contributed by atoms with van der Waals surface area (Å²) in [4.78, 5) is 0. The molecule has 0 nitrogen and oxygen atoms in total. The van der Waals surface area contributed by atoms with Crippen molar-refractivity contribution in [3.05, 3.63) is 118 Å². The van der Waals surface area contributed by atoms with E-state index in [4.69, 9.17) is 0 Å². The molecule has 0 bridgehead atoms. The Morgan fingerprint density at radius 1 is 0.867 bits per heavy atom. The third-order valence-corrected chi connectivity index (χ3v) is 5.32. The molecule has 0 aliphatic heterocycles. The summed E-state index contributed by atoms with van der Waals surface area (Å²) in [6.45, 7) is 4.11. The number of rotatable bonds is 8. The fourth-order valence-electron chi connectivity index (χ4n) is 3.55. The lowest BCUT2D eigenvalue weighted by molar-refractivity contribution is 0.609.